The monoisotopic (exact) mass is 716 g/mol. The lowest BCUT2D eigenvalue weighted by atomic mass is 9.91. The molecule has 2 amide bonds. The van der Waals surface area contributed by atoms with E-state index in [0.717, 1.165) is 0 Å². The Morgan fingerprint density at radius 1 is 1.08 bits per heavy atom. The molecule has 18 heteroatoms. The first kappa shape index (κ1) is 39.8. The third-order valence-electron chi connectivity index (χ3n) is 7.24. The summed E-state index contributed by atoms with van der Waals surface area (Å²) in [6.45, 7) is 11.3. The number of aromatic nitrogens is 1. The summed E-state index contributed by atoms with van der Waals surface area (Å²) in [7, 11) is 0. The molecule has 2 unspecified atom stereocenters. The zero-order chi connectivity index (χ0) is 37.6. The number of anilines is 1. The van der Waals surface area contributed by atoms with Crippen LogP contribution in [-0.4, -0.2) is 58.9 Å². The predicted octanol–water partition coefficient (Wildman–Crippen LogP) is 7.71. The lowest BCUT2D eigenvalue weighted by molar-refractivity contribution is -0.143. The summed E-state index contributed by atoms with van der Waals surface area (Å²) in [4.78, 5) is 32.5. The van der Waals surface area contributed by atoms with Crippen LogP contribution in [0.25, 0.3) is 0 Å². The first-order valence-corrected chi connectivity index (χ1v) is 15.8. The zero-order valence-corrected chi connectivity index (χ0v) is 28.8. The Hall–Kier alpha value is -4.64. The van der Waals surface area contributed by atoms with E-state index < -0.39 is 72.0 Å². The van der Waals surface area contributed by atoms with Gasteiger partial charge in [0.25, 0.3) is 0 Å². The van der Waals surface area contributed by atoms with Gasteiger partial charge in [-0.05, 0) is 95.5 Å². The second-order valence-electron chi connectivity index (χ2n) is 12.9. The van der Waals surface area contributed by atoms with Crippen molar-refractivity contribution in [3.63, 3.8) is 0 Å². The predicted molar refractivity (Wildman–Crippen MR) is 172 cm³/mol. The van der Waals surface area contributed by atoms with E-state index in [0.29, 0.717) is 29.9 Å². The van der Waals surface area contributed by atoms with Crippen LogP contribution in [0.15, 0.2) is 45.8 Å². The molecule has 1 aromatic carbocycles. The Labute approximate surface area is 286 Å². The summed E-state index contributed by atoms with van der Waals surface area (Å²) in [6, 6.07) is 3.13. The smallest absolute Gasteiger partial charge is 0.416 e. The molecule has 12 nitrogen and oxygen atoms in total. The van der Waals surface area contributed by atoms with Crippen LogP contribution >= 0.6 is 0 Å². The normalized spacial score (nSPS) is 17.2. The summed E-state index contributed by atoms with van der Waals surface area (Å²) >= 11 is 0. The fourth-order valence-corrected chi connectivity index (χ4v) is 5.18. The molecule has 2 aromatic rings. The molecule has 0 radical (unpaired) electrons. The van der Waals surface area contributed by atoms with Gasteiger partial charge in [0.05, 0.1) is 41.2 Å². The average Bonchev–Trinajstić information content (AvgIpc) is 2.98. The number of halogens is 6. The quantitative estimate of drug-likeness (QED) is 0.0675. The van der Waals surface area contributed by atoms with E-state index in [1.807, 2.05) is 6.92 Å². The minimum Gasteiger partial charge on any atom is -0.446 e. The molecule has 0 saturated carbocycles. The molecule has 1 aliphatic rings. The highest BCUT2D eigenvalue weighted by atomic mass is 19.4. The van der Waals surface area contributed by atoms with E-state index >= 15 is 0 Å². The van der Waals surface area contributed by atoms with Crippen molar-refractivity contribution in [1.29, 1.82) is 0 Å². The average molecular weight is 717 g/mol. The van der Waals surface area contributed by atoms with Crippen LogP contribution in [0, 0.1) is 6.92 Å². The van der Waals surface area contributed by atoms with Crippen molar-refractivity contribution in [2.45, 2.75) is 104 Å². The summed E-state index contributed by atoms with van der Waals surface area (Å²) in [6.07, 6.45) is -11.4. The number of carbonyl (C=O) groups excluding carboxylic acids is 2. The van der Waals surface area contributed by atoms with Gasteiger partial charge in [0.1, 0.15) is 5.60 Å². The Balaban J connectivity index is 2.09. The van der Waals surface area contributed by atoms with Crippen molar-refractivity contribution in [3.05, 3.63) is 58.4 Å². The number of ether oxygens (including phenoxy) is 2. The number of benzene rings is 1. The number of alkyl carbamates (subject to hydrolysis) is 1. The number of pyridine rings is 1. The third kappa shape index (κ3) is 10.9. The SMILES string of the molecule is CCC1CC(N(Cc2cc(C(F)(F)F)cc(C(F)(F)F)c2)C(N)=NN=NCCNC(=O)OC(C)(C)C)c2nc(C)ccc2N1C(=O)OC(C)C. The molecular formula is C32H42F6N8O4. The molecule has 1 aromatic heterocycles. The van der Waals surface area contributed by atoms with Crippen molar-refractivity contribution in [2.24, 2.45) is 21.2 Å². The number of hydrogen-bond donors (Lipinski definition) is 2. The number of aryl methyl sites for hydroxylation is 1. The fourth-order valence-electron chi connectivity index (χ4n) is 5.18. The number of nitrogens with one attached hydrogen (secondary N) is 1. The highest BCUT2D eigenvalue weighted by Crippen LogP contribution is 2.42. The van der Waals surface area contributed by atoms with Crippen LogP contribution in [0.1, 0.15) is 88.5 Å². The van der Waals surface area contributed by atoms with Crippen molar-refractivity contribution in [3.8, 4) is 0 Å². The van der Waals surface area contributed by atoms with E-state index in [4.69, 9.17) is 15.2 Å². The van der Waals surface area contributed by atoms with Crippen LogP contribution in [0.3, 0.4) is 0 Å². The van der Waals surface area contributed by atoms with Gasteiger partial charge in [-0.1, -0.05) is 12.0 Å². The largest absolute Gasteiger partial charge is 0.446 e. The number of amides is 2. The summed E-state index contributed by atoms with van der Waals surface area (Å²) in [5, 5.41) is 13.9. The molecule has 3 N–H and O–H groups in total. The van der Waals surface area contributed by atoms with Crippen LogP contribution in [0.5, 0.6) is 0 Å². The van der Waals surface area contributed by atoms with Crippen LogP contribution in [0.4, 0.5) is 41.6 Å². The van der Waals surface area contributed by atoms with Gasteiger partial charge >= 0.3 is 24.5 Å². The van der Waals surface area contributed by atoms with Crippen LogP contribution in [-0.2, 0) is 28.4 Å². The van der Waals surface area contributed by atoms with E-state index in [2.05, 4.69) is 25.7 Å². The van der Waals surface area contributed by atoms with Gasteiger partial charge in [0.15, 0.2) is 0 Å². The highest BCUT2D eigenvalue weighted by Gasteiger charge is 2.42. The molecule has 50 heavy (non-hydrogen) atoms. The number of rotatable bonds is 9. The number of carbonyl (C=O) groups is 2. The van der Waals surface area contributed by atoms with Gasteiger partial charge < -0.3 is 25.4 Å². The maximum absolute atomic E-state index is 13.8. The van der Waals surface area contributed by atoms with Gasteiger partial charge in [-0.15, -0.1) is 0 Å². The maximum Gasteiger partial charge on any atom is 0.416 e. The van der Waals surface area contributed by atoms with Gasteiger partial charge in [-0.3, -0.25) is 9.88 Å². The molecule has 0 aliphatic carbocycles. The molecule has 1 aliphatic heterocycles. The second-order valence-corrected chi connectivity index (χ2v) is 12.9. The first-order chi connectivity index (χ1) is 23.1. The number of fused-ring (bicyclic) bond motifs is 1. The molecule has 2 heterocycles. The second kappa shape index (κ2) is 15.9. The van der Waals surface area contributed by atoms with Crippen LogP contribution in [0.2, 0.25) is 0 Å². The number of hydrogen-bond acceptors (Lipinski definition) is 7. The summed E-state index contributed by atoms with van der Waals surface area (Å²) < 4.78 is 93.3. The Kier molecular flexibility index (Phi) is 12.7. The molecule has 3 rings (SSSR count). The van der Waals surface area contributed by atoms with E-state index in [1.54, 1.807) is 53.7 Å². The maximum atomic E-state index is 13.8. The lowest BCUT2D eigenvalue weighted by Gasteiger charge is -2.43. The topological polar surface area (TPSA) is 147 Å². The van der Waals surface area contributed by atoms with E-state index in [9.17, 15) is 35.9 Å². The molecular weight excluding hydrogens is 674 g/mol. The minimum atomic E-state index is -5.08. The van der Waals surface area contributed by atoms with E-state index in [-0.39, 0.29) is 36.8 Å². The lowest BCUT2D eigenvalue weighted by Crippen LogP contribution is -2.50. The van der Waals surface area contributed by atoms with Gasteiger partial charge in [0, 0.05) is 24.8 Å². The number of nitrogens with two attached hydrogens (primary N) is 1. The van der Waals surface area contributed by atoms with Crippen molar-refractivity contribution in [2.75, 3.05) is 18.0 Å². The number of alkyl halides is 6. The Bertz CT molecular complexity index is 1540. The Morgan fingerprint density at radius 2 is 1.70 bits per heavy atom. The molecule has 0 spiro atoms. The molecule has 2 atom stereocenters. The molecule has 0 fully saturated rings. The van der Waals surface area contributed by atoms with Gasteiger partial charge in [0.2, 0.25) is 5.96 Å². The zero-order valence-electron chi connectivity index (χ0n) is 28.8. The molecule has 0 saturated heterocycles. The van der Waals surface area contributed by atoms with Gasteiger partial charge in [-0.2, -0.15) is 31.5 Å². The first-order valence-electron chi connectivity index (χ1n) is 15.8. The van der Waals surface area contributed by atoms with Crippen molar-refractivity contribution >= 4 is 23.8 Å². The van der Waals surface area contributed by atoms with Crippen molar-refractivity contribution in [1.82, 2.24) is 15.2 Å². The van der Waals surface area contributed by atoms with Crippen molar-refractivity contribution < 1.29 is 45.4 Å². The fraction of sp³-hybridized carbons (Fsp3) is 0.562. The minimum absolute atomic E-state index is 0.0156. The number of nitrogens with zero attached hydrogens (tertiary/aromatic N) is 6. The van der Waals surface area contributed by atoms with E-state index in [1.165, 1.54) is 9.80 Å². The molecule has 276 valence electrons. The summed E-state index contributed by atoms with van der Waals surface area (Å²) in [5.41, 5.74) is 3.41. The standard InChI is InChI=1S/C32H42F6N8O4/c1-8-23-16-25(26-24(10-9-19(4)42-26)46(23)29(48)49-18(2)3)45(27(39)43-44-41-12-11-40-28(47)50-30(5,6)7)17-20-13-21(31(33,34)35)15-22(14-20)32(36,37)38/h9-10,13-15,18,23,25H,8,11-12,16-17H2,1-7H3,(H,40,47)(H2,39,41,43). The number of guanidine groups is 1. The Morgan fingerprint density at radius 3 is 2.24 bits per heavy atom. The molecule has 0 bridgehead atoms. The summed E-state index contributed by atoms with van der Waals surface area (Å²) in [5.74, 6) is -0.396. The van der Waals surface area contributed by atoms with Gasteiger partial charge in [-0.25, -0.2) is 9.59 Å². The van der Waals surface area contributed by atoms with Crippen LogP contribution < -0.4 is 16.0 Å². The highest BCUT2D eigenvalue weighted by molar-refractivity contribution is 5.90. The third-order valence-corrected chi connectivity index (χ3v) is 7.24.